The number of benzene rings is 2. The van der Waals surface area contributed by atoms with Gasteiger partial charge in [-0.1, -0.05) is 12.1 Å². The van der Waals surface area contributed by atoms with E-state index in [1.807, 2.05) is 41.3 Å². The topological polar surface area (TPSA) is 74.2 Å². The van der Waals surface area contributed by atoms with Gasteiger partial charge < -0.3 is 15.1 Å². The highest BCUT2D eigenvalue weighted by Gasteiger charge is 2.24. The molecule has 170 valence electrons. The van der Waals surface area contributed by atoms with Gasteiger partial charge in [0.15, 0.2) is 5.82 Å². The normalized spacial score (nSPS) is 15.6. The zero-order chi connectivity index (χ0) is 23.1. The van der Waals surface area contributed by atoms with Gasteiger partial charge in [-0.15, -0.1) is 0 Å². The Morgan fingerprint density at radius 1 is 0.971 bits per heavy atom. The van der Waals surface area contributed by atoms with Crippen LogP contribution in [-0.4, -0.2) is 58.5 Å². The van der Waals surface area contributed by atoms with Crippen LogP contribution in [0, 0.1) is 5.82 Å². The number of carbonyl (C=O) groups is 1. The Bertz CT molecular complexity index is 1400. The number of anilines is 2. The number of carbonyl (C=O) groups excluding carboxylic acids is 1. The van der Waals surface area contributed by atoms with Crippen LogP contribution >= 0.6 is 0 Å². The molecule has 8 heteroatoms. The van der Waals surface area contributed by atoms with E-state index in [1.165, 1.54) is 12.4 Å². The molecule has 2 aliphatic rings. The summed E-state index contributed by atoms with van der Waals surface area (Å²) < 4.78 is 13.7. The fourth-order valence-electron chi connectivity index (χ4n) is 4.74. The van der Waals surface area contributed by atoms with Crippen molar-refractivity contribution in [1.82, 2.24) is 25.2 Å². The molecule has 0 radical (unpaired) electrons. The van der Waals surface area contributed by atoms with Gasteiger partial charge in [0, 0.05) is 49.5 Å². The molecule has 2 aromatic heterocycles. The van der Waals surface area contributed by atoms with Crippen LogP contribution in [0.25, 0.3) is 22.3 Å². The Morgan fingerprint density at radius 3 is 2.74 bits per heavy atom. The van der Waals surface area contributed by atoms with Gasteiger partial charge in [-0.3, -0.25) is 4.79 Å². The summed E-state index contributed by atoms with van der Waals surface area (Å²) in [5.41, 5.74) is 5.58. The van der Waals surface area contributed by atoms with E-state index in [0.717, 1.165) is 47.5 Å². The third kappa shape index (κ3) is 3.66. The first kappa shape index (κ1) is 20.7. The Hall–Kier alpha value is -3.91. The number of amides is 1. The predicted molar refractivity (Wildman–Crippen MR) is 129 cm³/mol. The molecule has 1 fully saturated rings. The number of nitrogens with one attached hydrogen (secondary N) is 1. The van der Waals surface area contributed by atoms with Gasteiger partial charge in [0.2, 0.25) is 0 Å². The van der Waals surface area contributed by atoms with Crippen LogP contribution in [0.4, 0.5) is 15.9 Å². The number of aromatic nitrogens is 3. The van der Waals surface area contributed by atoms with Gasteiger partial charge in [-0.05, 0) is 54.4 Å². The molecule has 4 aromatic rings. The lowest BCUT2D eigenvalue weighted by atomic mass is 10.1. The Balaban J connectivity index is 1.38. The number of pyridine rings is 1. The van der Waals surface area contributed by atoms with Crippen molar-refractivity contribution in [3.63, 3.8) is 0 Å². The summed E-state index contributed by atoms with van der Waals surface area (Å²) in [6, 6.07) is 16.3. The van der Waals surface area contributed by atoms with E-state index >= 15 is 0 Å². The number of halogens is 1. The largest absolute Gasteiger partial charge is 0.336 e. The minimum absolute atomic E-state index is 0.0362. The van der Waals surface area contributed by atoms with Crippen molar-refractivity contribution in [3.8, 4) is 11.3 Å². The van der Waals surface area contributed by atoms with Crippen LogP contribution in [0.1, 0.15) is 15.9 Å². The average Bonchev–Trinajstić information content (AvgIpc) is 3.31. The van der Waals surface area contributed by atoms with Crippen LogP contribution in [0.15, 0.2) is 60.9 Å². The second-order valence-corrected chi connectivity index (χ2v) is 8.56. The van der Waals surface area contributed by atoms with Crippen molar-refractivity contribution in [2.24, 2.45) is 0 Å². The van der Waals surface area contributed by atoms with Crippen LogP contribution in [-0.2, 0) is 6.42 Å². The summed E-state index contributed by atoms with van der Waals surface area (Å²) in [7, 11) is 0. The molecule has 0 bridgehead atoms. The fourth-order valence-corrected chi connectivity index (χ4v) is 4.74. The maximum absolute atomic E-state index is 13.7. The zero-order valence-corrected chi connectivity index (χ0v) is 18.5. The zero-order valence-electron chi connectivity index (χ0n) is 18.5. The fraction of sp³-hybridized carbons (Fsp3) is 0.231. The van der Waals surface area contributed by atoms with Crippen molar-refractivity contribution in [1.29, 1.82) is 0 Å². The standard InChI is InChI=1S/C26H23FN6O/c27-20-4-7-23-18(15-20)8-11-33(23)25-24-22(29-16-30-25)6-5-21(31-24)17-2-1-3-19(14-17)26(34)32-12-9-28-10-13-32/h1-7,14-16,28H,8-13H2. The molecule has 0 aliphatic carbocycles. The van der Waals surface area contributed by atoms with Crippen molar-refractivity contribution >= 4 is 28.4 Å². The summed E-state index contributed by atoms with van der Waals surface area (Å²) in [5, 5.41) is 3.27. The molecule has 1 amide bonds. The minimum atomic E-state index is -0.233. The highest BCUT2D eigenvalue weighted by Crippen LogP contribution is 2.36. The summed E-state index contributed by atoms with van der Waals surface area (Å²) >= 11 is 0. The molecule has 1 saturated heterocycles. The molecule has 34 heavy (non-hydrogen) atoms. The van der Waals surface area contributed by atoms with E-state index in [2.05, 4.69) is 20.2 Å². The number of rotatable bonds is 3. The predicted octanol–water partition coefficient (Wildman–Crippen LogP) is 3.57. The first-order chi connectivity index (χ1) is 16.7. The summed E-state index contributed by atoms with van der Waals surface area (Å²) in [4.78, 5) is 30.8. The molecule has 2 aromatic carbocycles. The summed E-state index contributed by atoms with van der Waals surface area (Å²) in [6.45, 7) is 3.74. The third-order valence-corrected chi connectivity index (χ3v) is 6.46. The molecule has 1 N–H and O–H groups in total. The molecule has 0 atom stereocenters. The molecule has 0 spiro atoms. The monoisotopic (exact) mass is 454 g/mol. The van der Waals surface area contributed by atoms with E-state index < -0.39 is 0 Å². The van der Waals surface area contributed by atoms with E-state index in [0.29, 0.717) is 36.5 Å². The van der Waals surface area contributed by atoms with Crippen LogP contribution in [0.2, 0.25) is 0 Å². The molecule has 0 unspecified atom stereocenters. The summed E-state index contributed by atoms with van der Waals surface area (Å²) in [6.07, 6.45) is 2.28. The lowest BCUT2D eigenvalue weighted by Crippen LogP contribution is -2.46. The lowest BCUT2D eigenvalue weighted by Gasteiger charge is -2.27. The molecule has 4 heterocycles. The van der Waals surface area contributed by atoms with E-state index in [9.17, 15) is 9.18 Å². The number of hydrogen-bond acceptors (Lipinski definition) is 6. The number of nitrogens with zero attached hydrogens (tertiary/aromatic N) is 5. The number of fused-ring (bicyclic) bond motifs is 2. The highest BCUT2D eigenvalue weighted by molar-refractivity contribution is 5.96. The number of piperazine rings is 1. The molecular weight excluding hydrogens is 431 g/mol. The van der Waals surface area contributed by atoms with Crippen LogP contribution in [0.5, 0.6) is 0 Å². The molecule has 2 aliphatic heterocycles. The van der Waals surface area contributed by atoms with Crippen molar-refractivity contribution < 1.29 is 9.18 Å². The van der Waals surface area contributed by atoms with Gasteiger partial charge in [-0.2, -0.15) is 0 Å². The van der Waals surface area contributed by atoms with Gasteiger partial charge in [0.05, 0.1) is 11.2 Å². The average molecular weight is 455 g/mol. The second-order valence-electron chi connectivity index (χ2n) is 8.56. The first-order valence-electron chi connectivity index (χ1n) is 11.5. The molecule has 6 rings (SSSR count). The Labute approximate surface area is 196 Å². The Morgan fingerprint density at radius 2 is 1.85 bits per heavy atom. The quantitative estimate of drug-likeness (QED) is 0.510. The maximum Gasteiger partial charge on any atom is 0.253 e. The van der Waals surface area contributed by atoms with Gasteiger partial charge in [0.25, 0.3) is 5.91 Å². The molecule has 7 nitrogen and oxygen atoms in total. The second kappa shape index (κ2) is 8.46. The highest BCUT2D eigenvalue weighted by atomic mass is 19.1. The van der Waals surface area contributed by atoms with Crippen molar-refractivity contribution in [2.45, 2.75) is 6.42 Å². The summed E-state index contributed by atoms with van der Waals surface area (Å²) in [5.74, 6) is 0.503. The maximum atomic E-state index is 13.7. The minimum Gasteiger partial charge on any atom is -0.336 e. The molecule has 0 saturated carbocycles. The molecular formula is C26H23FN6O. The van der Waals surface area contributed by atoms with Crippen LogP contribution in [0.3, 0.4) is 0 Å². The van der Waals surface area contributed by atoms with Crippen molar-refractivity contribution in [2.75, 3.05) is 37.6 Å². The van der Waals surface area contributed by atoms with Gasteiger partial charge >= 0.3 is 0 Å². The van der Waals surface area contributed by atoms with Gasteiger partial charge in [0.1, 0.15) is 17.7 Å². The van der Waals surface area contributed by atoms with E-state index in [1.54, 1.807) is 12.1 Å². The van der Waals surface area contributed by atoms with Gasteiger partial charge in [-0.25, -0.2) is 19.3 Å². The Kier molecular flexibility index (Phi) is 5.15. The first-order valence-corrected chi connectivity index (χ1v) is 11.5. The number of hydrogen-bond donors (Lipinski definition) is 1. The van der Waals surface area contributed by atoms with E-state index in [-0.39, 0.29) is 11.7 Å². The van der Waals surface area contributed by atoms with Crippen molar-refractivity contribution in [3.05, 3.63) is 77.9 Å². The SMILES string of the molecule is O=C(c1cccc(-c2ccc3ncnc(N4CCc5cc(F)ccc54)c3n2)c1)N1CCNCC1. The third-order valence-electron chi connectivity index (χ3n) is 6.46. The van der Waals surface area contributed by atoms with E-state index in [4.69, 9.17) is 4.98 Å². The van der Waals surface area contributed by atoms with Crippen LogP contribution < -0.4 is 10.2 Å². The smallest absolute Gasteiger partial charge is 0.253 e. The lowest BCUT2D eigenvalue weighted by molar-refractivity contribution is 0.0736.